The van der Waals surface area contributed by atoms with Crippen LogP contribution in [0.15, 0.2) is 12.1 Å². The largest absolute Gasteiger partial charge is 0.328 e. The minimum atomic E-state index is -0.147. The number of carbonyl (C=O) groups excluding carboxylic acids is 1. The second kappa shape index (κ2) is 7.16. The van der Waals surface area contributed by atoms with Gasteiger partial charge in [0.2, 0.25) is 5.91 Å². The Hall–Kier alpha value is -0.520. The predicted octanol–water partition coefficient (Wildman–Crippen LogP) is 3.25. The summed E-state index contributed by atoms with van der Waals surface area (Å²) in [6.45, 7) is 4.02. The zero-order chi connectivity index (χ0) is 15.6. The Balaban J connectivity index is 1.94. The standard InChI is InChI=1S/C14H18Cl3N3O/c1-8(18)9-2-3-20(6-9)7-13(21)19-14-11(16)4-10(15)5-12(14)17/h4-5,8-9H,2-3,6-7,18H2,1H3,(H,19,21). The van der Waals surface area contributed by atoms with E-state index in [1.807, 2.05) is 6.92 Å². The highest BCUT2D eigenvalue weighted by molar-refractivity contribution is 6.42. The van der Waals surface area contributed by atoms with E-state index in [4.69, 9.17) is 40.5 Å². The third-order valence-corrected chi connectivity index (χ3v) is 4.51. The average Bonchev–Trinajstić information content (AvgIpc) is 2.82. The zero-order valence-corrected chi connectivity index (χ0v) is 14.0. The van der Waals surface area contributed by atoms with E-state index in [1.54, 1.807) is 12.1 Å². The molecule has 1 saturated heterocycles. The van der Waals surface area contributed by atoms with Crippen LogP contribution in [-0.2, 0) is 4.79 Å². The molecule has 1 aliphatic rings. The van der Waals surface area contributed by atoms with Crippen molar-refractivity contribution in [2.24, 2.45) is 11.7 Å². The number of carbonyl (C=O) groups is 1. The summed E-state index contributed by atoms with van der Waals surface area (Å²) < 4.78 is 0. The van der Waals surface area contributed by atoms with Crippen molar-refractivity contribution in [3.63, 3.8) is 0 Å². The molecule has 1 aliphatic heterocycles. The van der Waals surface area contributed by atoms with E-state index in [9.17, 15) is 4.79 Å². The van der Waals surface area contributed by atoms with E-state index in [2.05, 4.69) is 10.2 Å². The zero-order valence-electron chi connectivity index (χ0n) is 11.7. The van der Waals surface area contributed by atoms with E-state index in [-0.39, 0.29) is 11.9 Å². The molecule has 3 N–H and O–H groups in total. The first-order valence-electron chi connectivity index (χ1n) is 6.79. The van der Waals surface area contributed by atoms with Gasteiger partial charge >= 0.3 is 0 Å². The second-order valence-corrected chi connectivity index (χ2v) is 6.69. The monoisotopic (exact) mass is 349 g/mol. The van der Waals surface area contributed by atoms with Crippen molar-refractivity contribution in [1.82, 2.24) is 4.90 Å². The van der Waals surface area contributed by atoms with Crippen molar-refractivity contribution < 1.29 is 4.79 Å². The summed E-state index contributed by atoms with van der Waals surface area (Å²) in [7, 11) is 0. The van der Waals surface area contributed by atoms with Gasteiger partial charge in [0, 0.05) is 17.6 Å². The highest BCUT2D eigenvalue weighted by Crippen LogP contribution is 2.33. The van der Waals surface area contributed by atoms with Crippen LogP contribution in [-0.4, -0.2) is 36.5 Å². The highest BCUT2D eigenvalue weighted by atomic mass is 35.5. The van der Waals surface area contributed by atoms with Crippen LogP contribution in [0.3, 0.4) is 0 Å². The fourth-order valence-corrected chi connectivity index (χ4v) is 3.39. The number of nitrogens with one attached hydrogen (secondary N) is 1. The number of halogens is 3. The second-order valence-electron chi connectivity index (χ2n) is 5.44. The third-order valence-electron chi connectivity index (χ3n) is 3.69. The summed E-state index contributed by atoms with van der Waals surface area (Å²) in [4.78, 5) is 14.2. The fourth-order valence-electron chi connectivity index (χ4n) is 2.48. The van der Waals surface area contributed by atoms with Gasteiger partial charge in [0.1, 0.15) is 0 Å². The number of anilines is 1. The maximum absolute atomic E-state index is 12.1. The quantitative estimate of drug-likeness (QED) is 0.876. The minimum Gasteiger partial charge on any atom is -0.328 e. The maximum atomic E-state index is 12.1. The van der Waals surface area contributed by atoms with Crippen molar-refractivity contribution >= 4 is 46.4 Å². The van der Waals surface area contributed by atoms with Crippen LogP contribution in [0.25, 0.3) is 0 Å². The molecule has 0 spiro atoms. The molecule has 2 unspecified atom stereocenters. The summed E-state index contributed by atoms with van der Waals surface area (Å²) >= 11 is 17.9. The molecule has 1 heterocycles. The van der Waals surface area contributed by atoms with Crippen molar-refractivity contribution in [2.45, 2.75) is 19.4 Å². The average molecular weight is 351 g/mol. The Kier molecular flexibility index (Phi) is 5.74. The molecule has 1 fully saturated rings. The lowest BCUT2D eigenvalue weighted by atomic mass is 10.0. The van der Waals surface area contributed by atoms with Crippen LogP contribution in [0.5, 0.6) is 0 Å². The van der Waals surface area contributed by atoms with E-state index in [0.717, 1.165) is 19.5 Å². The molecule has 0 aromatic heterocycles. The summed E-state index contributed by atoms with van der Waals surface area (Å²) in [6, 6.07) is 3.25. The van der Waals surface area contributed by atoms with E-state index >= 15 is 0 Å². The van der Waals surface area contributed by atoms with E-state index in [0.29, 0.717) is 33.2 Å². The molecule has 116 valence electrons. The van der Waals surface area contributed by atoms with Crippen LogP contribution in [0.1, 0.15) is 13.3 Å². The van der Waals surface area contributed by atoms with Gasteiger partial charge in [-0.1, -0.05) is 34.8 Å². The third kappa shape index (κ3) is 4.47. The number of nitrogens with zero attached hydrogens (tertiary/aromatic N) is 1. The number of nitrogens with two attached hydrogens (primary N) is 1. The SMILES string of the molecule is CC(N)C1CCN(CC(=O)Nc2c(Cl)cc(Cl)cc2Cl)C1. The Morgan fingerprint density at radius 2 is 2.05 bits per heavy atom. The predicted molar refractivity (Wildman–Crippen MR) is 88.3 cm³/mol. The Labute approximate surface area is 139 Å². The summed E-state index contributed by atoms with van der Waals surface area (Å²) in [6.07, 6.45) is 1.02. The van der Waals surface area contributed by atoms with Crippen molar-refractivity contribution in [2.75, 3.05) is 25.0 Å². The van der Waals surface area contributed by atoms with Gasteiger partial charge in [-0.25, -0.2) is 0 Å². The molecule has 21 heavy (non-hydrogen) atoms. The lowest BCUT2D eigenvalue weighted by Crippen LogP contribution is -2.34. The highest BCUT2D eigenvalue weighted by Gasteiger charge is 2.26. The Morgan fingerprint density at radius 3 is 2.57 bits per heavy atom. The molecular weight excluding hydrogens is 333 g/mol. The summed E-state index contributed by atoms with van der Waals surface area (Å²) in [5.74, 6) is 0.298. The van der Waals surface area contributed by atoms with Crippen LogP contribution in [0.4, 0.5) is 5.69 Å². The fraction of sp³-hybridized carbons (Fsp3) is 0.500. The van der Waals surface area contributed by atoms with Crippen LogP contribution in [0, 0.1) is 5.92 Å². The molecule has 7 heteroatoms. The number of amides is 1. The van der Waals surface area contributed by atoms with Gasteiger partial charge in [-0.05, 0) is 37.9 Å². The Morgan fingerprint density at radius 1 is 1.43 bits per heavy atom. The molecular formula is C14H18Cl3N3O. The Bertz CT molecular complexity index is 513. The maximum Gasteiger partial charge on any atom is 0.238 e. The number of hydrogen-bond acceptors (Lipinski definition) is 3. The number of benzene rings is 1. The van der Waals surface area contributed by atoms with Crippen LogP contribution >= 0.6 is 34.8 Å². The van der Waals surface area contributed by atoms with E-state index in [1.165, 1.54) is 0 Å². The molecule has 0 aliphatic carbocycles. The van der Waals surface area contributed by atoms with Gasteiger partial charge in [-0.15, -0.1) is 0 Å². The van der Waals surface area contributed by atoms with Gasteiger partial charge in [0.15, 0.2) is 0 Å². The topological polar surface area (TPSA) is 58.4 Å². The molecule has 1 aromatic rings. The van der Waals surface area contributed by atoms with Crippen LogP contribution < -0.4 is 11.1 Å². The lowest BCUT2D eigenvalue weighted by molar-refractivity contribution is -0.117. The van der Waals surface area contributed by atoms with E-state index < -0.39 is 0 Å². The van der Waals surface area contributed by atoms with Crippen molar-refractivity contribution in [1.29, 1.82) is 0 Å². The molecule has 1 aromatic carbocycles. The van der Waals surface area contributed by atoms with Gasteiger partial charge in [-0.3, -0.25) is 9.69 Å². The van der Waals surface area contributed by atoms with Gasteiger partial charge in [-0.2, -0.15) is 0 Å². The summed E-state index contributed by atoms with van der Waals surface area (Å²) in [5.41, 5.74) is 6.29. The van der Waals surface area contributed by atoms with Gasteiger partial charge in [0.25, 0.3) is 0 Å². The van der Waals surface area contributed by atoms with Gasteiger partial charge in [0.05, 0.1) is 22.3 Å². The molecule has 2 atom stereocenters. The molecule has 1 amide bonds. The first kappa shape index (κ1) is 16.8. The molecule has 0 bridgehead atoms. The number of hydrogen-bond donors (Lipinski definition) is 2. The normalized spacial score (nSPS) is 20.5. The van der Waals surface area contributed by atoms with Crippen molar-refractivity contribution in [3.8, 4) is 0 Å². The summed E-state index contributed by atoms with van der Waals surface area (Å²) in [5, 5.41) is 3.83. The van der Waals surface area contributed by atoms with Crippen LogP contribution in [0.2, 0.25) is 15.1 Å². The molecule has 0 radical (unpaired) electrons. The first-order valence-corrected chi connectivity index (χ1v) is 7.92. The smallest absolute Gasteiger partial charge is 0.238 e. The molecule has 2 rings (SSSR count). The first-order chi connectivity index (χ1) is 9.86. The lowest BCUT2D eigenvalue weighted by Gasteiger charge is -2.18. The molecule has 4 nitrogen and oxygen atoms in total. The minimum absolute atomic E-state index is 0.147. The number of likely N-dealkylation sites (tertiary alicyclic amines) is 1. The molecule has 0 saturated carbocycles. The van der Waals surface area contributed by atoms with Gasteiger partial charge < -0.3 is 11.1 Å². The van der Waals surface area contributed by atoms with Crippen molar-refractivity contribution in [3.05, 3.63) is 27.2 Å². The number of rotatable bonds is 4.